The standard InChI is InChI=1S/C31H38N2O4SSi/c1-23-17-19-24(20-18-23)38(34)33-27(21-32)29-28(36-31(5,6)37-29)22-35-39(30(2,3)4,25-13-9-7-10-14-25)26-15-11-8-12-16-26/h7-20,27-29,33H,22H2,1-6H3/t27-,28+,29+,38+/m1/s1. The maximum absolute atomic E-state index is 13.1. The van der Waals surface area contributed by atoms with Crippen LogP contribution in [-0.2, 0) is 24.9 Å². The molecule has 4 atom stereocenters. The summed E-state index contributed by atoms with van der Waals surface area (Å²) >= 11 is 0. The lowest BCUT2D eigenvalue weighted by atomic mass is 10.1. The van der Waals surface area contributed by atoms with E-state index in [1.165, 1.54) is 0 Å². The second-order valence-electron chi connectivity index (χ2n) is 11.4. The largest absolute Gasteiger partial charge is 0.405 e. The van der Waals surface area contributed by atoms with Gasteiger partial charge >= 0.3 is 0 Å². The van der Waals surface area contributed by atoms with E-state index >= 15 is 0 Å². The maximum Gasteiger partial charge on any atom is 0.261 e. The first kappa shape index (κ1) is 29.3. The summed E-state index contributed by atoms with van der Waals surface area (Å²) in [5.74, 6) is -0.924. The SMILES string of the molecule is Cc1ccc([S@](=O)N[C@H](C#N)[C@@H]2OC(C)(C)O[C@H]2CO[Si](c2ccccc2)(c2ccccc2)C(C)(C)C)cc1. The minimum absolute atomic E-state index is 0.208. The van der Waals surface area contributed by atoms with Gasteiger partial charge in [-0.25, -0.2) is 8.93 Å². The van der Waals surface area contributed by atoms with Crippen molar-refractivity contribution in [3.63, 3.8) is 0 Å². The monoisotopic (exact) mass is 562 g/mol. The highest BCUT2D eigenvalue weighted by molar-refractivity contribution is 7.83. The summed E-state index contributed by atoms with van der Waals surface area (Å²) in [6, 6.07) is 29.6. The molecule has 4 rings (SSSR count). The van der Waals surface area contributed by atoms with Crippen LogP contribution in [0.5, 0.6) is 0 Å². The molecule has 0 amide bonds. The van der Waals surface area contributed by atoms with Crippen molar-refractivity contribution in [2.45, 2.75) is 75.5 Å². The molecule has 8 heteroatoms. The first-order valence-electron chi connectivity index (χ1n) is 13.2. The molecule has 0 aromatic heterocycles. The van der Waals surface area contributed by atoms with Crippen LogP contribution >= 0.6 is 0 Å². The van der Waals surface area contributed by atoms with E-state index in [9.17, 15) is 9.47 Å². The van der Waals surface area contributed by atoms with E-state index in [1.807, 2.05) is 69.3 Å². The fourth-order valence-corrected chi connectivity index (χ4v) is 10.8. The zero-order valence-electron chi connectivity index (χ0n) is 23.5. The average Bonchev–Trinajstić information content (AvgIpc) is 3.22. The van der Waals surface area contributed by atoms with Gasteiger partial charge in [-0.1, -0.05) is 99.1 Å². The van der Waals surface area contributed by atoms with Crippen molar-refractivity contribution in [1.29, 1.82) is 5.26 Å². The van der Waals surface area contributed by atoms with Gasteiger partial charge < -0.3 is 13.9 Å². The van der Waals surface area contributed by atoms with E-state index in [1.54, 1.807) is 12.1 Å². The molecule has 1 heterocycles. The molecule has 0 aliphatic carbocycles. The van der Waals surface area contributed by atoms with Crippen LogP contribution in [-0.4, -0.2) is 43.2 Å². The molecule has 0 bridgehead atoms. The summed E-state index contributed by atoms with van der Waals surface area (Å²) in [5, 5.41) is 12.2. The summed E-state index contributed by atoms with van der Waals surface area (Å²) in [6.07, 6.45) is -1.23. The zero-order chi connectivity index (χ0) is 28.3. The van der Waals surface area contributed by atoms with Gasteiger partial charge in [-0.3, -0.25) is 0 Å². The quantitative estimate of drug-likeness (QED) is 0.386. The van der Waals surface area contributed by atoms with E-state index in [0.29, 0.717) is 4.90 Å². The van der Waals surface area contributed by atoms with Crippen molar-refractivity contribution >= 4 is 29.7 Å². The summed E-state index contributed by atoms with van der Waals surface area (Å²) in [7, 11) is -4.42. The van der Waals surface area contributed by atoms with Crippen LogP contribution in [0.2, 0.25) is 5.04 Å². The van der Waals surface area contributed by atoms with E-state index in [0.717, 1.165) is 15.9 Å². The van der Waals surface area contributed by atoms with Gasteiger partial charge in [0.25, 0.3) is 8.32 Å². The Bertz CT molecular complexity index is 1260. The van der Waals surface area contributed by atoms with Gasteiger partial charge in [-0.15, -0.1) is 0 Å². The smallest absolute Gasteiger partial charge is 0.261 e. The second kappa shape index (κ2) is 11.8. The number of aryl methyl sites for hydroxylation is 1. The molecule has 0 spiro atoms. The number of nitrogens with zero attached hydrogens (tertiary/aromatic N) is 1. The molecule has 1 saturated heterocycles. The van der Waals surface area contributed by atoms with Gasteiger partial charge in [-0.05, 0) is 48.3 Å². The van der Waals surface area contributed by atoms with Crippen LogP contribution in [0.4, 0.5) is 0 Å². The Labute approximate surface area is 236 Å². The van der Waals surface area contributed by atoms with Crippen LogP contribution in [0.3, 0.4) is 0 Å². The lowest BCUT2D eigenvalue weighted by molar-refractivity contribution is -0.149. The molecule has 1 fully saturated rings. The van der Waals surface area contributed by atoms with Crippen molar-refractivity contribution in [3.05, 3.63) is 90.5 Å². The second-order valence-corrected chi connectivity index (χ2v) is 17.0. The fourth-order valence-electron chi connectivity index (χ4n) is 5.26. The molecule has 206 valence electrons. The summed E-state index contributed by atoms with van der Waals surface area (Å²) in [5.41, 5.74) is 1.07. The molecule has 0 unspecified atom stereocenters. The molecular formula is C31H38N2O4SSi. The van der Waals surface area contributed by atoms with Crippen molar-refractivity contribution in [2.24, 2.45) is 0 Å². The minimum atomic E-state index is -2.83. The van der Waals surface area contributed by atoms with Crippen LogP contribution < -0.4 is 15.1 Å². The van der Waals surface area contributed by atoms with Gasteiger partial charge in [0.15, 0.2) is 5.79 Å². The Kier molecular flexibility index (Phi) is 8.91. The third-order valence-electron chi connectivity index (χ3n) is 7.04. The van der Waals surface area contributed by atoms with E-state index < -0.39 is 43.3 Å². The van der Waals surface area contributed by atoms with Gasteiger partial charge in [0, 0.05) is 0 Å². The van der Waals surface area contributed by atoms with Crippen LogP contribution in [0.15, 0.2) is 89.8 Å². The van der Waals surface area contributed by atoms with E-state index in [4.69, 9.17) is 13.9 Å². The predicted octanol–water partition coefficient (Wildman–Crippen LogP) is 4.60. The molecule has 39 heavy (non-hydrogen) atoms. The average molecular weight is 563 g/mol. The van der Waals surface area contributed by atoms with Crippen molar-refractivity contribution in [1.82, 2.24) is 4.72 Å². The van der Waals surface area contributed by atoms with Gasteiger partial charge in [0.1, 0.15) is 29.2 Å². The first-order chi connectivity index (χ1) is 18.5. The van der Waals surface area contributed by atoms with Crippen molar-refractivity contribution in [3.8, 4) is 6.07 Å². The number of ether oxygens (including phenoxy) is 2. The Hall–Kier alpha value is -2.64. The minimum Gasteiger partial charge on any atom is -0.405 e. The number of rotatable bonds is 9. The number of hydrogen-bond donors (Lipinski definition) is 1. The number of benzene rings is 3. The number of nitrogens with one attached hydrogen (secondary N) is 1. The number of nitriles is 1. The Morgan fingerprint density at radius 3 is 2.00 bits per heavy atom. The molecule has 1 aliphatic heterocycles. The molecule has 6 nitrogen and oxygen atoms in total. The first-order valence-corrected chi connectivity index (χ1v) is 16.3. The summed E-state index contributed by atoms with van der Waals surface area (Å²) in [4.78, 5) is 0.596. The van der Waals surface area contributed by atoms with E-state index in [-0.39, 0.29) is 11.6 Å². The normalized spacial score (nSPS) is 20.7. The van der Waals surface area contributed by atoms with Crippen molar-refractivity contribution < 1.29 is 18.1 Å². The van der Waals surface area contributed by atoms with E-state index in [2.05, 4.69) is 55.8 Å². The maximum atomic E-state index is 13.1. The molecule has 3 aromatic rings. The van der Waals surface area contributed by atoms with Crippen LogP contribution in [0, 0.1) is 18.3 Å². The van der Waals surface area contributed by atoms with Gasteiger partial charge in [-0.2, -0.15) is 5.26 Å². The fraction of sp³-hybridized carbons (Fsp3) is 0.387. The van der Waals surface area contributed by atoms with Crippen LogP contribution in [0.25, 0.3) is 0 Å². The molecule has 0 saturated carbocycles. The predicted molar refractivity (Wildman–Crippen MR) is 158 cm³/mol. The summed E-state index contributed by atoms with van der Waals surface area (Å²) < 4.78 is 35.7. The zero-order valence-corrected chi connectivity index (χ0v) is 25.3. The molecular weight excluding hydrogens is 525 g/mol. The third kappa shape index (κ3) is 6.41. The van der Waals surface area contributed by atoms with Gasteiger partial charge in [0.2, 0.25) is 0 Å². The van der Waals surface area contributed by atoms with Crippen LogP contribution in [0.1, 0.15) is 40.2 Å². The lowest BCUT2D eigenvalue weighted by Gasteiger charge is -2.43. The highest BCUT2D eigenvalue weighted by atomic mass is 32.2. The summed E-state index contributed by atoms with van der Waals surface area (Å²) in [6.45, 7) is 12.5. The van der Waals surface area contributed by atoms with Crippen molar-refractivity contribution in [2.75, 3.05) is 6.61 Å². The number of hydrogen-bond acceptors (Lipinski definition) is 5. The lowest BCUT2D eigenvalue weighted by Crippen LogP contribution is -2.67. The third-order valence-corrected chi connectivity index (χ3v) is 13.2. The molecule has 1 aliphatic rings. The van der Waals surface area contributed by atoms with Gasteiger partial charge in [0.05, 0.1) is 17.6 Å². The Morgan fingerprint density at radius 1 is 0.974 bits per heavy atom. The molecule has 3 aromatic carbocycles. The highest BCUT2D eigenvalue weighted by Crippen LogP contribution is 2.38. The highest BCUT2D eigenvalue weighted by Gasteiger charge is 2.53. The topological polar surface area (TPSA) is 80.6 Å². The molecule has 0 radical (unpaired) electrons. The Balaban J connectivity index is 1.65. The Morgan fingerprint density at radius 2 is 1.51 bits per heavy atom. The molecule has 1 N–H and O–H groups in total.